The molecule has 1 aromatic carbocycles. The van der Waals surface area contributed by atoms with E-state index in [1.165, 1.54) is 0 Å². The van der Waals surface area contributed by atoms with Gasteiger partial charge in [-0.3, -0.25) is 0 Å². The Hall–Kier alpha value is -1.30. The van der Waals surface area contributed by atoms with Crippen LogP contribution in [-0.4, -0.2) is 22.0 Å². The third-order valence-corrected chi connectivity index (χ3v) is 2.61. The Morgan fingerprint density at radius 1 is 1.11 bits per heavy atom. The van der Waals surface area contributed by atoms with Gasteiger partial charge in [-0.1, -0.05) is 23.2 Å². The third kappa shape index (κ3) is 3.13. The largest absolute Gasteiger partial charge is 0.423 e. The van der Waals surface area contributed by atoms with E-state index in [1.54, 1.807) is 25.2 Å². The predicted molar refractivity (Wildman–Crippen MR) is 70.9 cm³/mol. The van der Waals surface area contributed by atoms with E-state index >= 15 is 0 Å². The zero-order valence-corrected chi connectivity index (χ0v) is 11.4. The van der Waals surface area contributed by atoms with E-state index in [0.29, 0.717) is 21.7 Å². The van der Waals surface area contributed by atoms with E-state index in [2.05, 4.69) is 20.3 Å². The molecule has 0 aliphatic rings. The molecular formula is C10H7Cl3N4O. The number of ether oxygens (including phenoxy) is 1. The van der Waals surface area contributed by atoms with Gasteiger partial charge < -0.3 is 10.1 Å². The number of hydrogen-bond acceptors (Lipinski definition) is 5. The Balaban J connectivity index is 2.30. The maximum absolute atomic E-state index is 5.96. The summed E-state index contributed by atoms with van der Waals surface area (Å²) in [6.45, 7) is 0. The highest BCUT2D eigenvalue weighted by atomic mass is 35.5. The molecule has 0 unspecified atom stereocenters. The summed E-state index contributed by atoms with van der Waals surface area (Å²) in [5.41, 5.74) is 0. The lowest BCUT2D eigenvalue weighted by molar-refractivity contribution is 0.441. The van der Waals surface area contributed by atoms with Crippen LogP contribution in [0.2, 0.25) is 15.3 Å². The van der Waals surface area contributed by atoms with Crippen LogP contribution in [0.5, 0.6) is 11.8 Å². The van der Waals surface area contributed by atoms with Crippen molar-refractivity contribution in [3.8, 4) is 11.8 Å². The van der Waals surface area contributed by atoms with Gasteiger partial charge in [0, 0.05) is 12.1 Å². The van der Waals surface area contributed by atoms with Gasteiger partial charge in [-0.15, -0.1) is 0 Å². The topological polar surface area (TPSA) is 59.9 Å². The van der Waals surface area contributed by atoms with Crippen LogP contribution in [0.25, 0.3) is 0 Å². The number of aromatic nitrogens is 3. The molecule has 1 N–H and O–H groups in total. The number of benzene rings is 1. The number of nitrogens with one attached hydrogen (secondary N) is 1. The minimum atomic E-state index is 0.0226. The van der Waals surface area contributed by atoms with Crippen LogP contribution in [0, 0.1) is 0 Å². The van der Waals surface area contributed by atoms with Crippen LogP contribution in [0.15, 0.2) is 18.2 Å². The molecule has 0 saturated carbocycles. The van der Waals surface area contributed by atoms with Crippen LogP contribution < -0.4 is 10.1 Å². The van der Waals surface area contributed by atoms with Gasteiger partial charge in [-0.2, -0.15) is 15.0 Å². The molecule has 0 aliphatic heterocycles. The molecule has 18 heavy (non-hydrogen) atoms. The monoisotopic (exact) mass is 304 g/mol. The number of anilines is 1. The summed E-state index contributed by atoms with van der Waals surface area (Å²) in [5, 5.41) is 3.62. The molecule has 5 nitrogen and oxygen atoms in total. The van der Waals surface area contributed by atoms with Crippen molar-refractivity contribution in [3.05, 3.63) is 33.5 Å². The van der Waals surface area contributed by atoms with Gasteiger partial charge in [0.2, 0.25) is 11.2 Å². The average molecular weight is 306 g/mol. The first-order chi connectivity index (χ1) is 8.58. The lowest BCUT2D eigenvalue weighted by atomic mass is 10.3. The minimum absolute atomic E-state index is 0.0226. The van der Waals surface area contributed by atoms with Crippen molar-refractivity contribution in [2.75, 3.05) is 12.4 Å². The molecule has 1 aromatic heterocycles. The molecular weight excluding hydrogens is 298 g/mol. The molecule has 0 saturated heterocycles. The van der Waals surface area contributed by atoms with Crippen molar-refractivity contribution in [2.45, 2.75) is 0 Å². The second kappa shape index (κ2) is 5.56. The highest BCUT2D eigenvalue weighted by molar-refractivity contribution is 6.35. The molecule has 2 aromatic rings. The van der Waals surface area contributed by atoms with E-state index in [9.17, 15) is 0 Å². The summed E-state index contributed by atoms with van der Waals surface area (Å²) >= 11 is 17.5. The Kier molecular flexibility index (Phi) is 4.06. The second-order valence-corrected chi connectivity index (χ2v) is 4.32. The summed E-state index contributed by atoms with van der Waals surface area (Å²) < 4.78 is 5.41. The number of hydrogen-bond donors (Lipinski definition) is 1. The summed E-state index contributed by atoms with van der Waals surface area (Å²) in [6, 6.07) is 4.86. The van der Waals surface area contributed by atoms with Gasteiger partial charge in [0.1, 0.15) is 5.75 Å². The fourth-order valence-electron chi connectivity index (χ4n) is 1.15. The maximum atomic E-state index is 5.96. The molecule has 8 heteroatoms. The van der Waals surface area contributed by atoms with Crippen molar-refractivity contribution in [2.24, 2.45) is 0 Å². The number of halogens is 3. The van der Waals surface area contributed by atoms with Crippen LogP contribution in [0.1, 0.15) is 0 Å². The standard InChI is InChI=1S/C10H7Cl3N4O/c1-14-9-15-8(13)16-10(17-9)18-7-3-2-5(11)4-6(7)12/h2-4H,1H3,(H,14,15,16,17). The van der Waals surface area contributed by atoms with E-state index in [4.69, 9.17) is 39.5 Å². The first-order valence-electron chi connectivity index (χ1n) is 4.80. The molecule has 0 spiro atoms. The van der Waals surface area contributed by atoms with Gasteiger partial charge in [0.05, 0.1) is 5.02 Å². The second-order valence-electron chi connectivity index (χ2n) is 3.14. The molecule has 0 atom stereocenters. The first-order valence-corrected chi connectivity index (χ1v) is 5.94. The van der Waals surface area contributed by atoms with Gasteiger partial charge in [0.15, 0.2) is 0 Å². The van der Waals surface area contributed by atoms with Crippen molar-refractivity contribution < 1.29 is 4.74 Å². The van der Waals surface area contributed by atoms with Gasteiger partial charge in [-0.25, -0.2) is 0 Å². The smallest absolute Gasteiger partial charge is 0.328 e. The van der Waals surface area contributed by atoms with E-state index in [0.717, 1.165) is 0 Å². The maximum Gasteiger partial charge on any atom is 0.328 e. The highest BCUT2D eigenvalue weighted by Gasteiger charge is 2.09. The average Bonchev–Trinajstić information content (AvgIpc) is 2.32. The summed E-state index contributed by atoms with van der Waals surface area (Å²) in [6.07, 6.45) is 0. The summed E-state index contributed by atoms with van der Waals surface area (Å²) in [5.74, 6) is 0.681. The molecule has 2 rings (SSSR count). The first kappa shape index (κ1) is 13.1. The lowest BCUT2D eigenvalue weighted by Gasteiger charge is -2.07. The summed E-state index contributed by atoms with van der Waals surface area (Å²) in [7, 11) is 1.66. The fraction of sp³-hybridized carbons (Fsp3) is 0.100. The Morgan fingerprint density at radius 3 is 2.56 bits per heavy atom. The van der Waals surface area contributed by atoms with Crippen LogP contribution in [-0.2, 0) is 0 Å². The van der Waals surface area contributed by atoms with E-state index in [-0.39, 0.29) is 11.3 Å². The molecule has 0 bridgehead atoms. The van der Waals surface area contributed by atoms with Gasteiger partial charge >= 0.3 is 6.01 Å². The number of nitrogens with zero attached hydrogens (tertiary/aromatic N) is 3. The van der Waals surface area contributed by atoms with E-state index < -0.39 is 0 Å². The van der Waals surface area contributed by atoms with Gasteiger partial charge in [0.25, 0.3) is 0 Å². The van der Waals surface area contributed by atoms with Crippen molar-refractivity contribution in [1.82, 2.24) is 15.0 Å². The van der Waals surface area contributed by atoms with Crippen molar-refractivity contribution in [1.29, 1.82) is 0 Å². The SMILES string of the molecule is CNc1nc(Cl)nc(Oc2ccc(Cl)cc2Cl)n1. The Bertz CT molecular complexity index is 579. The molecule has 0 amide bonds. The molecule has 0 radical (unpaired) electrons. The van der Waals surface area contributed by atoms with Crippen LogP contribution in [0.3, 0.4) is 0 Å². The van der Waals surface area contributed by atoms with Gasteiger partial charge in [-0.05, 0) is 29.8 Å². The van der Waals surface area contributed by atoms with Crippen LogP contribution in [0.4, 0.5) is 5.95 Å². The molecule has 0 aliphatic carbocycles. The quantitative estimate of drug-likeness (QED) is 0.937. The molecule has 1 heterocycles. The number of rotatable bonds is 3. The fourth-order valence-corrected chi connectivity index (χ4v) is 1.75. The lowest BCUT2D eigenvalue weighted by Crippen LogP contribution is -2.01. The van der Waals surface area contributed by atoms with Crippen molar-refractivity contribution in [3.63, 3.8) is 0 Å². The Morgan fingerprint density at radius 2 is 1.89 bits per heavy atom. The molecule has 94 valence electrons. The molecule has 0 fully saturated rings. The Labute approximate surface area is 118 Å². The zero-order chi connectivity index (χ0) is 13.1. The third-order valence-electron chi connectivity index (χ3n) is 1.91. The predicted octanol–water partition coefficient (Wildman–Crippen LogP) is 3.67. The van der Waals surface area contributed by atoms with Crippen molar-refractivity contribution >= 4 is 40.8 Å². The summed E-state index contributed by atoms with van der Waals surface area (Å²) in [4.78, 5) is 11.6. The van der Waals surface area contributed by atoms with E-state index in [1.807, 2.05) is 0 Å². The highest BCUT2D eigenvalue weighted by Crippen LogP contribution is 2.30. The minimum Gasteiger partial charge on any atom is -0.423 e. The zero-order valence-electron chi connectivity index (χ0n) is 9.12. The normalized spacial score (nSPS) is 10.2. The van der Waals surface area contributed by atoms with Crippen LogP contribution >= 0.6 is 34.8 Å².